The van der Waals surface area contributed by atoms with Crippen molar-refractivity contribution in [1.29, 1.82) is 0 Å². The Morgan fingerprint density at radius 1 is 0.923 bits per heavy atom. The maximum Gasteiger partial charge on any atom is -0.00820 e. The largest absolute Gasteiger partial charge is 0.0795 e. The van der Waals surface area contributed by atoms with Gasteiger partial charge in [-0.25, -0.2) is 0 Å². The summed E-state index contributed by atoms with van der Waals surface area (Å²) < 4.78 is 0. The molecule has 0 bridgehead atoms. The quantitative estimate of drug-likeness (QED) is 0.562. The summed E-state index contributed by atoms with van der Waals surface area (Å²) in [7, 11) is 0. The second kappa shape index (κ2) is 2.46. The molecule has 0 atom stereocenters. The van der Waals surface area contributed by atoms with E-state index in [4.69, 9.17) is 0 Å². The monoisotopic (exact) mass is 166 g/mol. The minimum Gasteiger partial charge on any atom is -0.0795 e. The third-order valence-electron chi connectivity index (χ3n) is 2.70. The highest BCUT2D eigenvalue weighted by atomic mass is 14.1. The van der Waals surface area contributed by atoms with Crippen LogP contribution >= 0.6 is 0 Å². The molecule has 0 spiro atoms. The minimum absolute atomic E-state index is 1.09. The predicted molar refractivity (Wildman–Crippen MR) is 56.7 cm³/mol. The fourth-order valence-electron chi connectivity index (χ4n) is 2.04. The molecule has 0 aliphatic heterocycles. The van der Waals surface area contributed by atoms with Gasteiger partial charge in [0.25, 0.3) is 0 Å². The maximum atomic E-state index is 2.23. The summed E-state index contributed by atoms with van der Waals surface area (Å²) in [5, 5.41) is 2.76. The zero-order valence-electron chi connectivity index (χ0n) is 7.33. The van der Waals surface area contributed by atoms with Gasteiger partial charge in [-0.15, -0.1) is 0 Å². The van der Waals surface area contributed by atoms with E-state index >= 15 is 0 Å². The Kier molecular flexibility index (Phi) is 1.31. The highest BCUT2D eigenvalue weighted by Gasteiger charge is 2.07. The average molecular weight is 166 g/mol. The standard InChI is InChI=1S/C13H10/c1-2-6-12-10(4-1)8-9-11-5-3-7-13(11)12/h1-6,8-9H,7H2. The van der Waals surface area contributed by atoms with Gasteiger partial charge in [0.05, 0.1) is 0 Å². The van der Waals surface area contributed by atoms with Gasteiger partial charge in [-0.1, -0.05) is 48.6 Å². The van der Waals surface area contributed by atoms with Crippen LogP contribution in [0.15, 0.2) is 42.5 Å². The summed E-state index contributed by atoms with van der Waals surface area (Å²) in [5.74, 6) is 0. The predicted octanol–water partition coefficient (Wildman–Crippen LogP) is 3.41. The molecule has 2 aromatic rings. The number of hydrogen-bond acceptors (Lipinski definition) is 0. The van der Waals surface area contributed by atoms with Crippen molar-refractivity contribution in [2.24, 2.45) is 0 Å². The first-order valence-corrected chi connectivity index (χ1v) is 4.62. The van der Waals surface area contributed by atoms with Gasteiger partial charge in [0, 0.05) is 0 Å². The first-order chi connectivity index (χ1) is 6.45. The zero-order chi connectivity index (χ0) is 8.67. The van der Waals surface area contributed by atoms with Gasteiger partial charge in [-0.2, -0.15) is 0 Å². The lowest BCUT2D eigenvalue weighted by molar-refractivity contribution is 1.35. The van der Waals surface area contributed by atoms with Crippen molar-refractivity contribution in [2.75, 3.05) is 0 Å². The Labute approximate surface area is 77.5 Å². The summed E-state index contributed by atoms with van der Waals surface area (Å²) in [6.07, 6.45) is 5.54. The topological polar surface area (TPSA) is 0 Å². The number of benzene rings is 2. The van der Waals surface area contributed by atoms with E-state index in [2.05, 4.69) is 48.6 Å². The molecular formula is C13H10. The van der Waals surface area contributed by atoms with Crippen LogP contribution in [0.5, 0.6) is 0 Å². The third-order valence-corrected chi connectivity index (χ3v) is 2.70. The van der Waals surface area contributed by atoms with Crippen LogP contribution in [-0.2, 0) is 6.42 Å². The van der Waals surface area contributed by atoms with Crippen molar-refractivity contribution < 1.29 is 0 Å². The van der Waals surface area contributed by atoms with E-state index in [0.717, 1.165) is 6.42 Å². The van der Waals surface area contributed by atoms with E-state index in [1.165, 1.54) is 21.9 Å². The molecule has 0 N–H and O–H groups in total. The lowest BCUT2D eigenvalue weighted by atomic mass is 10.0. The highest BCUT2D eigenvalue weighted by Crippen LogP contribution is 2.27. The number of hydrogen-bond donors (Lipinski definition) is 0. The Morgan fingerprint density at radius 3 is 2.85 bits per heavy atom. The Bertz CT molecular complexity index is 492. The van der Waals surface area contributed by atoms with E-state index in [-0.39, 0.29) is 0 Å². The molecule has 0 fully saturated rings. The molecule has 62 valence electrons. The van der Waals surface area contributed by atoms with Gasteiger partial charge in [-0.05, 0) is 28.3 Å². The molecule has 0 nitrogen and oxygen atoms in total. The Morgan fingerprint density at radius 2 is 1.85 bits per heavy atom. The van der Waals surface area contributed by atoms with Gasteiger partial charge in [0.15, 0.2) is 0 Å². The van der Waals surface area contributed by atoms with Crippen LogP contribution in [-0.4, -0.2) is 0 Å². The second-order valence-corrected chi connectivity index (χ2v) is 3.46. The summed E-state index contributed by atoms with van der Waals surface area (Å²) in [4.78, 5) is 0. The van der Waals surface area contributed by atoms with Crippen molar-refractivity contribution in [3.05, 3.63) is 53.6 Å². The Hall–Kier alpha value is -1.56. The van der Waals surface area contributed by atoms with Crippen molar-refractivity contribution in [3.8, 4) is 0 Å². The van der Waals surface area contributed by atoms with Crippen molar-refractivity contribution in [1.82, 2.24) is 0 Å². The van der Waals surface area contributed by atoms with Gasteiger partial charge in [0.2, 0.25) is 0 Å². The van der Waals surface area contributed by atoms with Crippen molar-refractivity contribution in [3.63, 3.8) is 0 Å². The molecule has 0 amide bonds. The number of allylic oxidation sites excluding steroid dienone is 1. The second-order valence-electron chi connectivity index (χ2n) is 3.46. The molecule has 1 aliphatic carbocycles. The van der Waals surface area contributed by atoms with Gasteiger partial charge >= 0.3 is 0 Å². The number of fused-ring (bicyclic) bond motifs is 3. The molecule has 1 aliphatic rings. The first-order valence-electron chi connectivity index (χ1n) is 4.62. The molecule has 0 saturated heterocycles. The van der Waals surface area contributed by atoms with Gasteiger partial charge in [0.1, 0.15) is 0 Å². The average Bonchev–Trinajstić information content (AvgIpc) is 2.65. The van der Waals surface area contributed by atoms with Crippen LogP contribution in [0.25, 0.3) is 16.8 Å². The van der Waals surface area contributed by atoms with Crippen molar-refractivity contribution in [2.45, 2.75) is 6.42 Å². The molecule has 0 saturated carbocycles. The maximum absolute atomic E-state index is 2.23. The van der Waals surface area contributed by atoms with E-state index < -0.39 is 0 Å². The normalized spacial score (nSPS) is 13.5. The zero-order valence-corrected chi connectivity index (χ0v) is 7.33. The van der Waals surface area contributed by atoms with Crippen LogP contribution in [0.3, 0.4) is 0 Å². The fourth-order valence-corrected chi connectivity index (χ4v) is 2.04. The van der Waals surface area contributed by atoms with Crippen LogP contribution in [0.2, 0.25) is 0 Å². The SMILES string of the molecule is C1=Cc2ccc3ccccc3c2C1. The Balaban J connectivity index is 2.46. The molecule has 0 unspecified atom stereocenters. The highest BCUT2D eigenvalue weighted by molar-refractivity contribution is 5.90. The summed E-state index contributed by atoms with van der Waals surface area (Å²) >= 11 is 0. The van der Waals surface area contributed by atoms with E-state index in [1.54, 1.807) is 0 Å². The molecule has 0 heteroatoms. The lowest BCUT2D eigenvalue weighted by Crippen LogP contribution is -1.83. The van der Waals surface area contributed by atoms with Crippen molar-refractivity contribution >= 4 is 16.8 Å². The molecule has 0 radical (unpaired) electrons. The summed E-state index contributed by atoms with van der Waals surface area (Å²) in [6, 6.07) is 13.0. The van der Waals surface area contributed by atoms with Crippen LogP contribution < -0.4 is 0 Å². The molecular weight excluding hydrogens is 156 g/mol. The first kappa shape index (κ1) is 6.90. The lowest BCUT2D eigenvalue weighted by Gasteiger charge is -2.03. The van der Waals surface area contributed by atoms with Crippen LogP contribution in [0.4, 0.5) is 0 Å². The minimum atomic E-state index is 1.09. The molecule has 3 rings (SSSR count). The van der Waals surface area contributed by atoms with E-state index in [9.17, 15) is 0 Å². The summed E-state index contributed by atoms with van der Waals surface area (Å²) in [5.41, 5.74) is 2.87. The van der Waals surface area contributed by atoms with Gasteiger partial charge in [-0.3, -0.25) is 0 Å². The molecule has 0 heterocycles. The summed E-state index contributed by atoms with van der Waals surface area (Å²) in [6.45, 7) is 0. The van der Waals surface area contributed by atoms with Crippen LogP contribution in [0, 0.1) is 0 Å². The van der Waals surface area contributed by atoms with E-state index in [0.29, 0.717) is 0 Å². The third kappa shape index (κ3) is 0.919. The molecule has 2 aromatic carbocycles. The molecule has 0 aromatic heterocycles. The van der Waals surface area contributed by atoms with E-state index in [1.807, 2.05) is 0 Å². The molecule has 13 heavy (non-hydrogen) atoms. The number of rotatable bonds is 0. The van der Waals surface area contributed by atoms with Gasteiger partial charge < -0.3 is 0 Å². The van der Waals surface area contributed by atoms with Crippen LogP contribution in [0.1, 0.15) is 11.1 Å². The smallest absolute Gasteiger partial charge is 0.00820 e. The fraction of sp³-hybridized carbons (Fsp3) is 0.0769.